The first-order valence-corrected chi connectivity index (χ1v) is 4.48. The highest BCUT2D eigenvalue weighted by Crippen LogP contribution is 2.12. The van der Waals surface area contributed by atoms with Gasteiger partial charge in [0.25, 0.3) is 0 Å². The topological polar surface area (TPSA) is 56.7 Å². The van der Waals surface area contributed by atoms with Gasteiger partial charge in [0.1, 0.15) is 12.7 Å². The number of aromatic nitrogens is 3. The van der Waals surface area contributed by atoms with Gasteiger partial charge in [0.05, 0.1) is 5.69 Å². The summed E-state index contributed by atoms with van der Waals surface area (Å²) in [5.74, 6) is 0. The monoisotopic (exact) mass is 188 g/mol. The Hall–Kier alpha value is -1.68. The maximum absolute atomic E-state index is 5.75. The lowest BCUT2D eigenvalue weighted by Crippen LogP contribution is -2.05. The van der Waals surface area contributed by atoms with Crippen molar-refractivity contribution in [3.8, 4) is 5.69 Å². The molecule has 0 aliphatic rings. The molecule has 0 aliphatic heterocycles. The van der Waals surface area contributed by atoms with E-state index in [4.69, 9.17) is 5.73 Å². The van der Waals surface area contributed by atoms with Crippen LogP contribution in [0.3, 0.4) is 0 Å². The standard InChI is InChI=1S/C10H12N4/c1-8(11)9-2-4-10(5-3-9)14-7-12-6-13-14/h2-8H,11H2,1H3. The van der Waals surface area contributed by atoms with E-state index in [1.54, 1.807) is 11.0 Å². The Morgan fingerprint density at radius 1 is 1.29 bits per heavy atom. The molecule has 4 nitrogen and oxygen atoms in total. The highest BCUT2D eigenvalue weighted by molar-refractivity contribution is 5.34. The molecule has 0 saturated carbocycles. The van der Waals surface area contributed by atoms with Crippen molar-refractivity contribution in [2.75, 3.05) is 0 Å². The van der Waals surface area contributed by atoms with E-state index >= 15 is 0 Å². The maximum atomic E-state index is 5.75. The second-order valence-electron chi connectivity index (χ2n) is 3.22. The Balaban J connectivity index is 2.31. The zero-order chi connectivity index (χ0) is 9.97. The summed E-state index contributed by atoms with van der Waals surface area (Å²) in [5, 5.41) is 4.04. The minimum atomic E-state index is 0.0693. The average molecular weight is 188 g/mol. The van der Waals surface area contributed by atoms with Gasteiger partial charge in [-0.1, -0.05) is 12.1 Å². The van der Waals surface area contributed by atoms with E-state index in [0.717, 1.165) is 11.3 Å². The fourth-order valence-electron chi connectivity index (χ4n) is 1.27. The molecule has 0 bridgehead atoms. The Labute approximate surface area is 82.4 Å². The summed E-state index contributed by atoms with van der Waals surface area (Å²) in [6.07, 6.45) is 3.18. The van der Waals surface area contributed by atoms with Crippen LogP contribution in [0.2, 0.25) is 0 Å². The first-order chi connectivity index (χ1) is 6.77. The third kappa shape index (κ3) is 1.65. The second kappa shape index (κ2) is 3.59. The molecule has 0 saturated heterocycles. The molecule has 14 heavy (non-hydrogen) atoms. The van der Waals surface area contributed by atoms with Crippen molar-refractivity contribution in [1.82, 2.24) is 14.8 Å². The van der Waals surface area contributed by atoms with Crippen LogP contribution in [-0.4, -0.2) is 14.8 Å². The van der Waals surface area contributed by atoms with Crippen molar-refractivity contribution in [2.24, 2.45) is 5.73 Å². The molecule has 1 aromatic carbocycles. The third-order valence-corrected chi connectivity index (χ3v) is 2.10. The lowest BCUT2D eigenvalue weighted by molar-refractivity contribution is 0.814. The van der Waals surface area contributed by atoms with Crippen LogP contribution >= 0.6 is 0 Å². The highest BCUT2D eigenvalue weighted by Gasteiger charge is 2.00. The summed E-state index contributed by atoms with van der Waals surface area (Å²) >= 11 is 0. The molecule has 1 unspecified atom stereocenters. The summed E-state index contributed by atoms with van der Waals surface area (Å²) in [6.45, 7) is 1.96. The number of nitrogens with two attached hydrogens (primary N) is 1. The van der Waals surface area contributed by atoms with Gasteiger partial charge < -0.3 is 5.73 Å². The van der Waals surface area contributed by atoms with Gasteiger partial charge in [0, 0.05) is 6.04 Å². The first-order valence-electron chi connectivity index (χ1n) is 4.48. The van der Waals surface area contributed by atoms with E-state index in [-0.39, 0.29) is 6.04 Å². The summed E-state index contributed by atoms with van der Waals surface area (Å²) in [4.78, 5) is 3.88. The molecule has 0 radical (unpaired) electrons. The van der Waals surface area contributed by atoms with Crippen LogP contribution in [0.1, 0.15) is 18.5 Å². The molecule has 2 aromatic rings. The molecule has 4 heteroatoms. The molecule has 1 heterocycles. The summed E-state index contributed by atoms with van der Waals surface area (Å²) in [7, 11) is 0. The van der Waals surface area contributed by atoms with Crippen molar-refractivity contribution < 1.29 is 0 Å². The summed E-state index contributed by atoms with van der Waals surface area (Å²) < 4.78 is 1.71. The van der Waals surface area contributed by atoms with Gasteiger partial charge in [0.2, 0.25) is 0 Å². The van der Waals surface area contributed by atoms with Gasteiger partial charge in [-0.15, -0.1) is 0 Å². The molecular formula is C10H12N4. The van der Waals surface area contributed by atoms with Gasteiger partial charge in [-0.25, -0.2) is 9.67 Å². The van der Waals surface area contributed by atoms with E-state index in [1.165, 1.54) is 6.33 Å². The number of nitrogens with zero attached hydrogens (tertiary/aromatic N) is 3. The van der Waals surface area contributed by atoms with E-state index < -0.39 is 0 Å². The zero-order valence-electron chi connectivity index (χ0n) is 7.96. The zero-order valence-corrected chi connectivity index (χ0v) is 7.96. The molecule has 0 amide bonds. The van der Waals surface area contributed by atoms with E-state index in [1.807, 2.05) is 31.2 Å². The number of rotatable bonds is 2. The lowest BCUT2D eigenvalue weighted by Gasteiger charge is -2.06. The maximum Gasteiger partial charge on any atom is 0.138 e. The molecule has 1 aromatic heterocycles. The molecule has 2 rings (SSSR count). The average Bonchev–Trinajstić information content (AvgIpc) is 2.71. The molecule has 0 aliphatic carbocycles. The lowest BCUT2D eigenvalue weighted by atomic mass is 10.1. The number of benzene rings is 1. The summed E-state index contributed by atoms with van der Waals surface area (Å²) in [5.41, 5.74) is 7.86. The van der Waals surface area contributed by atoms with E-state index in [0.29, 0.717) is 0 Å². The molecule has 0 spiro atoms. The van der Waals surface area contributed by atoms with Gasteiger partial charge in [0.15, 0.2) is 0 Å². The molecule has 2 N–H and O–H groups in total. The number of hydrogen-bond donors (Lipinski definition) is 1. The van der Waals surface area contributed by atoms with Gasteiger partial charge in [-0.05, 0) is 24.6 Å². The number of hydrogen-bond acceptors (Lipinski definition) is 3. The summed E-state index contributed by atoms with van der Waals surface area (Å²) in [6, 6.07) is 8.03. The van der Waals surface area contributed by atoms with Crippen molar-refractivity contribution >= 4 is 0 Å². The van der Waals surface area contributed by atoms with Crippen molar-refractivity contribution in [3.63, 3.8) is 0 Å². The molecule has 1 atom stereocenters. The van der Waals surface area contributed by atoms with Gasteiger partial charge >= 0.3 is 0 Å². The SMILES string of the molecule is CC(N)c1ccc(-n2cncn2)cc1. The molecule has 72 valence electrons. The van der Waals surface area contributed by atoms with Crippen molar-refractivity contribution in [1.29, 1.82) is 0 Å². The van der Waals surface area contributed by atoms with E-state index in [9.17, 15) is 0 Å². The predicted octanol–water partition coefficient (Wildman–Crippen LogP) is 1.29. The van der Waals surface area contributed by atoms with Crippen LogP contribution in [0.25, 0.3) is 5.69 Å². The van der Waals surface area contributed by atoms with Crippen molar-refractivity contribution in [3.05, 3.63) is 42.5 Å². The van der Waals surface area contributed by atoms with Crippen LogP contribution in [0, 0.1) is 0 Å². The van der Waals surface area contributed by atoms with Gasteiger partial charge in [-0.3, -0.25) is 0 Å². The second-order valence-corrected chi connectivity index (χ2v) is 3.22. The Morgan fingerprint density at radius 2 is 2.00 bits per heavy atom. The van der Waals surface area contributed by atoms with Crippen LogP contribution < -0.4 is 5.73 Å². The largest absolute Gasteiger partial charge is 0.324 e. The van der Waals surface area contributed by atoms with Crippen LogP contribution in [0.15, 0.2) is 36.9 Å². The highest BCUT2D eigenvalue weighted by atomic mass is 15.3. The minimum absolute atomic E-state index is 0.0693. The van der Waals surface area contributed by atoms with Crippen molar-refractivity contribution in [2.45, 2.75) is 13.0 Å². The van der Waals surface area contributed by atoms with Crippen LogP contribution in [0.5, 0.6) is 0 Å². The Kier molecular flexibility index (Phi) is 2.28. The van der Waals surface area contributed by atoms with Crippen LogP contribution in [-0.2, 0) is 0 Å². The normalized spacial score (nSPS) is 12.7. The predicted molar refractivity (Wildman–Crippen MR) is 54.0 cm³/mol. The third-order valence-electron chi connectivity index (χ3n) is 2.10. The van der Waals surface area contributed by atoms with Gasteiger partial charge in [-0.2, -0.15) is 5.10 Å². The Morgan fingerprint density at radius 3 is 2.50 bits per heavy atom. The fraction of sp³-hybridized carbons (Fsp3) is 0.200. The van der Waals surface area contributed by atoms with E-state index in [2.05, 4.69) is 10.1 Å². The molecule has 0 fully saturated rings. The smallest absolute Gasteiger partial charge is 0.138 e. The fourth-order valence-corrected chi connectivity index (χ4v) is 1.27. The van der Waals surface area contributed by atoms with Crippen LogP contribution in [0.4, 0.5) is 0 Å². The molecular weight excluding hydrogens is 176 g/mol. The quantitative estimate of drug-likeness (QED) is 0.772. The Bertz CT molecular complexity index is 389. The first kappa shape index (κ1) is 8.90. The minimum Gasteiger partial charge on any atom is -0.324 e.